The number of aliphatic carboxylic acids is 1. The Labute approximate surface area is 66.0 Å². The van der Waals surface area contributed by atoms with Crippen molar-refractivity contribution < 1.29 is 15.0 Å². The van der Waals surface area contributed by atoms with Crippen LogP contribution in [0.3, 0.4) is 0 Å². The lowest BCUT2D eigenvalue weighted by atomic mass is 10.1. The van der Waals surface area contributed by atoms with Gasteiger partial charge in [-0.15, -0.1) is 12.3 Å². The SMILES string of the molecule is C#CCCCC(O)CC(=O)O. The number of aliphatic hydroxyl groups is 1. The molecule has 0 fully saturated rings. The number of rotatable bonds is 5. The van der Waals surface area contributed by atoms with Crippen LogP contribution in [0, 0.1) is 12.3 Å². The van der Waals surface area contributed by atoms with Gasteiger partial charge >= 0.3 is 5.97 Å². The fraction of sp³-hybridized carbons (Fsp3) is 0.625. The molecular weight excluding hydrogens is 144 g/mol. The standard InChI is InChI=1S/C8H12O3/c1-2-3-4-5-7(9)6-8(10)11/h1,7,9H,3-6H2,(H,10,11). The fourth-order valence-electron chi connectivity index (χ4n) is 0.743. The van der Waals surface area contributed by atoms with Crippen molar-refractivity contribution in [2.24, 2.45) is 0 Å². The number of carbonyl (C=O) groups is 1. The summed E-state index contributed by atoms with van der Waals surface area (Å²) in [6, 6.07) is 0. The molecule has 1 atom stereocenters. The van der Waals surface area contributed by atoms with Crippen molar-refractivity contribution in [3.8, 4) is 12.3 Å². The lowest BCUT2D eigenvalue weighted by Gasteiger charge is -2.04. The Balaban J connectivity index is 3.31. The minimum atomic E-state index is -0.974. The van der Waals surface area contributed by atoms with E-state index in [4.69, 9.17) is 16.6 Å². The molecule has 0 saturated heterocycles. The molecule has 11 heavy (non-hydrogen) atoms. The largest absolute Gasteiger partial charge is 0.481 e. The Hall–Kier alpha value is -1.01. The fourth-order valence-corrected chi connectivity index (χ4v) is 0.743. The molecule has 0 aliphatic rings. The van der Waals surface area contributed by atoms with Crippen molar-refractivity contribution in [1.29, 1.82) is 0 Å². The van der Waals surface area contributed by atoms with Gasteiger partial charge in [0, 0.05) is 6.42 Å². The lowest BCUT2D eigenvalue weighted by molar-refractivity contribution is -0.139. The molecule has 0 radical (unpaired) electrons. The summed E-state index contributed by atoms with van der Waals surface area (Å²) in [4.78, 5) is 10.0. The van der Waals surface area contributed by atoms with E-state index in [9.17, 15) is 4.79 Å². The lowest BCUT2D eigenvalue weighted by Crippen LogP contribution is -2.12. The topological polar surface area (TPSA) is 57.5 Å². The number of hydrogen-bond acceptors (Lipinski definition) is 2. The maximum absolute atomic E-state index is 10.0. The van der Waals surface area contributed by atoms with Gasteiger partial charge in [0.2, 0.25) is 0 Å². The highest BCUT2D eigenvalue weighted by atomic mass is 16.4. The summed E-state index contributed by atoms with van der Waals surface area (Å²) in [5.74, 6) is 1.44. The van der Waals surface area contributed by atoms with Crippen molar-refractivity contribution in [3.05, 3.63) is 0 Å². The molecule has 0 spiro atoms. The van der Waals surface area contributed by atoms with Crippen LogP contribution in [0.25, 0.3) is 0 Å². The first-order valence-corrected chi connectivity index (χ1v) is 3.50. The highest BCUT2D eigenvalue weighted by Crippen LogP contribution is 2.03. The highest BCUT2D eigenvalue weighted by molar-refractivity contribution is 5.67. The molecule has 0 aromatic carbocycles. The van der Waals surface area contributed by atoms with E-state index in [1.165, 1.54) is 0 Å². The molecule has 0 amide bonds. The van der Waals surface area contributed by atoms with Gasteiger partial charge in [0.25, 0.3) is 0 Å². The van der Waals surface area contributed by atoms with Crippen molar-refractivity contribution in [2.75, 3.05) is 0 Å². The first kappa shape index (κ1) is 9.99. The monoisotopic (exact) mass is 156 g/mol. The van der Waals surface area contributed by atoms with Crippen LogP contribution in [-0.2, 0) is 4.79 Å². The van der Waals surface area contributed by atoms with Crippen LogP contribution in [0.15, 0.2) is 0 Å². The first-order chi connectivity index (χ1) is 5.16. The number of carboxylic acids is 1. The van der Waals surface area contributed by atoms with Crippen LogP contribution in [0.4, 0.5) is 0 Å². The molecule has 0 aromatic heterocycles. The van der Waals surface area contributed by atoms with Crippen molar-refractivity contribution in [1.82, 2.24) is 0 Å². The number of carboxylic acid groups (broad SMARTS) is 1. The molecule has 3 heteroatoms. The van der Waals surface area contributed by atoms with E-state index in [1.54, 1.807) is 0 Å². The molecule has 0 heterocycles. The molecular formula is C8H12O3. The molecule has 3 nitrogen and oxygen atoms in total. The summed E-state index contributed by atoms with van der Waals surface area (Å²) in [6.07, 6.45) is 5.78. The van der Waals surface area contributed by atoms with Crippen LogP contribution in [-0.4, -0.2) is 22.3 Å². The number of aliphatic hydroxyl groups excluding tert-OH is 1. The Morgan fingerprint density at radius 2 is 2.27 bits per heavy atom. The van der Waals surface area contributed by atoms with Gasteiger partial charge in [-0.05, 0) is 12.8 Å². The van der Waals surface area contributed by atoms with Gasteiger partial charge in [0.05, 0.1) is 12.5 Å². The predicted octanol–water partition coefficient (Wildman–Crippen LogP) is 0.625. The number of terminal acetylenes is 1. The van der Waals surface area contributed by atoms with E-state index in [2.05, 4.69) is 5.92 Å². The highest BCUT2D eigenvalue weighted by Gasteiger charge is 2.07. The zero-order valence-corrected chi connectivity index (χ0v) is 6.29. The summed E-state index contributed by atoms with van der Waals surface area (Å²) < 4.78 is 0. The van der Waals surface area contributed by atoms with E-state index in [0.717, 1.165) is 0 Å². The molecule has 0 rings (SSSR count). The Morgan fingerprint density at radius 1 is 1.64 bits per heavy atom. The maximum atomic E-state index is 10.0. The average Bonchev–Trinajstić information content (AvgIpc) is 1.86. The van der Waals surface area contributed by atoms with Gasteiger partial charge < -0.3 is 10.2 Å². The molecule has 2 N–H and O–H groups in total. The maximum Gasteiger partial charge on any atom is 0.305 e. The Kier molecular flexibility index (Phi) is 5.22. The number of unbranched alkanes of at least 4 members (excludes halogenated alkanes) is 1. The summed E-state index contributed by atoms with van der Waals surface area (Å²) >= 11 is 0. The minimum Gasteiger partial charge on any atom is -0.481 e. The van der Waals surface area contributed by atoms with E-state index in [0.29, 0.717) is 19.3 Å². The molecule has 62 valence electrons. The molecule has 0 saturated carbocycles. The van der Waals surface area contributed by atoms with Crippen molar-refractivity contribution >= 4 is 5.97 Å². The quantitative estimate of drug-likeness (QED) is 0.453. The van der Waals surface area contributed by atoms with Crippen LogP contribution < -0.4 is 0 Å². The van der Waals surface area contributed by atoms with Gasteiger partial charge in [-0.2, -0.15) is 0 Å². The van der Waals surface area contributed by atoms with Crippen LogP contribution in [0.2, 0.25) is 0 Å². The van der Waals surface area contributed by atoms with E-state index < -0.39 is 12.1 Å². The van der Waals surface area contributed by atoms with E-state index in [1.807, 2.05) is 0 Å². The Bertz CT molecular complexity index is 157. The summed E-state index contributed by atoms with van der Waals surface area (Å²) in [5, 5.41) is 17.2. The molecule has 0 bridgehead atoms. The van der Waals surface area contributed by atoms with Crippen LogP contribution in [0.1, 0.15) is 25.7 Å². The summed E-state index contributed by atoms with van der Waals surface area (Å²) in [5.41, 5.74) is 0. The van der Waals surface area contributed by atoms with Crippen LogP contribution >= 0.6 is 0 Å². The second kappa shape index (κ2) is 5.75. The van der Waals surface area contributed by atoms with Gasteiger partial charge in [0.15, 0.2) is 0 Å². The third kappa shape index (κ3) is 6.88. The number of hydrogen-bond donors (Lipinski definition) is 2. The normalized spacial score (nSPS) is 12.0. The molecule has 0 aromatic rings. The van der Waals surface area contributed by atoms with E-state index >= 15 is 0 Å². The first-order valence-electron chi connectivity index (χ1n) is 3.50. The third-order valence-electron chi connectivity index (χ3n) is 1.27. The van der Waals surface area contributed by atoms with Crippen LogP contribution in [0.5, 0.6) is 0 Å². The zero-order valence-electron chi connectivity index (χ0n) is 6.29. The smallest absolute Gasteiger partial charge is 0.305 e. The van der Waals surface area contributed by atoms with Gasteiger partial charge in [-0.25, -0.2) is 0 Å². The predicted molar refractivity (Wildman–Crippen MR) is 40.9 cm³/mol. The third-order valence-corrected chi connectivity index (χ3v) is 1.27. The molecule has 0 aliphatic carbocycles. The molecule has 1 unspecified atom stereocenters. The van der Waals surface area contributed by atoms with Gasteiger partial charge in [-0.3, -0.25) is 4.79 Å². The van der Waals surface area contributed by atoms with Gasteiger partial charge in [-0.1, -0.05) is 0 Å². The second-order valence-electron chi connectivity index (χ2n) is 2.35. The average molecular weight is 156 g/mol. The zero-order chi connectivity index (χ0) is 8.69. The summed E-state index contributed by atoms with van der Waals surface area (Å²) in [7, 11) is 0. The Morgan fingerprint density at radius 3 is 2.73 bits per heavy atom. The molecule has 0 aliphatic heterocycles. The van der Waals surface area contributed by atoms with E-state index in [-0.39, 0.29) is 6.42 Å². The van der Waals surface area contributed by atoms with Gasteiger partial charge in [0.1, 0.15) is 0 Å². The second-order valence-corrected chi connectivity index (χ2v) is 2.35. The van der Waals surface area contributed by atoms with Crippen molar-refractivity contribution in [2.45, 2.75) is 31.8 Å². The van der Waals surface area contributed by atoms with Crippen molar-refractivity contribution in [3.63, 3.8) is 0 Å². The minimum absolute atomic E-state index is 0.190. The summed E-state index contributed by atoms with van der Waals surface area (Å²) in [6.45, 7) is 0.